The van der Waals surface area contributed by atoms with Crippen LogP contribution >= 0.6 is 0 Å². The van der Waals surface area contributed by atoms with Crippen molar-refractivity contribution in [3.63, 3.8) is 0 Å². The molecule has 0 aromatic rings. The van der Waals surface area contributed by atoms with Gasteiger partial charge in [-0.25, -0.2) is 0 Å². The Labute approximate surface area is 75.7 Å². The van der Waals surface area contributed by atoms with Crippen LogP contribution in [-0.4, -0.2) is 42.5 Å². The molecule has 1 saturated heterocycles. The Morgan fingerprint density at radius 1 is 1.54 bits per heavy atom. The first kappa shape index (κ1) is 10.4. The van der Waals surface area contributed by atoms with Crippen LogP contribution in [0.5, 0.6) is 0 Å². The van der Waals surface area contributed by atoms with Crippen molar-refractivity contribution in [3.05, 3.63) is 0 Å². The minimum absolute atomic E-state index is 0.170. The summed E-state index contributed by atoms with van der Waals surface area (Å²) >= 11 is 0. The van der Waals surface area contributed by atoms with Crippen LogP contribution in [0.4, 0.5) is 8.78 Å². The molecule has 1 fully saturated rings. The number of carbonyl (C=O) groups excluding carboxylic acids is 1. The Bertz CT molecular complexity index is 199. The van der Waals surface area contributed by atoms with Gasteiger partial charge in [-0.15, -0.1) is 0 Å². The topological polar surface area (TPSA) is 29.5 Å². The summed E-state index contributed by atoms with van der Waals surface area (Å²) < 4.78 is 29.4. The standard InChI is InChI=1S/C8H13F2NO2/c1-5-6(2)13-4-3-11(5)8(12)7(9)10/h5-7H,3-4H2,1-2H3. The molecule has 76 valence electrons. The highest BCUT2D eigenvalue weighted by atomic mass is 19.3. The van der Waals surface area contributed by atoms with Crippen molar-refractivity contribution in [2.45, 2.75) is 32.4 Å². The number of ether oxygens (including phenoxy) is 1. The Morgan fingerprint density at radius 3 is 2.69 bits per heavy atom. The van der Waals surface area contributed by atoms with E-state index in [0.29, 0.717) is 6.61 Å². The van der Waals surface area contributed by atoms with Crippen LogP contribution in [0, 0.1) is 0 Å². The van der Waals surface area contributed by atoms with E-state index in [1.165, 1.54) is 4.90 Å². The lowest BCUT2D eigenvalue weighted by atomic mass is 10.1. The molecular formula is C8H13F2NO2. The van der Waals surface area contributed by atoms with Gasteiger partial charge in [0.05, 0.1) is 18.8 Å². The summed E-state index contributed by atoms with van der Waals surface area (Å²) in [5.74, 6) is -1.09. The lowest BCUT2D eigenvalue weighted by molar-refractivity contribution is -0.155. The lowest BCUT2D eigenvalue weighted by Crippen LogP contribution is -2.52. The number of hydrogen-bond acceptors (Lipinski definition) is 2. The fourth-order valence-corrected chi connectivity index (χ4v) is 1.37. The molecule has 0 aromatic carbocycles. The highest BCUT2D eigenvalue weighted by molar-refractivity contribution is 5.79. The number of nitrogens with zero attached hydrogens (tertiary/aromatic N) is 1. The highest BCUT2D eigenvalue weighted by Gasteiger charge is 2.33. The second-order valence-corrected chi connectivity index (χ2v) is 3.15. The number of alkyl halides is 2. The fourth-order valence-electron chi connectivity index (χ4n) is 1.37. The van der Waals surface area contributed by atoms with E-state index in [2.05, 4.69) is 0 Å². The van der Waals surface area contributed by atoms with Crippen LogP contribution in [-0.2, 0) is 9.53 Å². The normalized spacial score (nSPS) is 29.5. The second kappa shape index (κ2) is 4.00. The van der Waals surface area contributed by atoms with Crippen molar-refractivity contribution in [3.8, 4) is 0 Å². The highest BCUT2D eigenvalue weighted by Crippen LogP contribution is 2.15. The lowest BCUT2D eigenvalue weighted by Gasteiger charge is -2.37. The molecule has 1 amide bonds. The van der Waals surface area contributed by atoms with Gasteiger partial charge in [0.2, 0.25) is 0 Å². The third-order valence-corrected chi connectivity index (χ3v) is 2.35. The molecule has 0 N–H and O–H groups in total. The van der Waals surface area contributed by atoms with Gasteiger partial charge in [-0.05, 0) is 13.8 Å². The summed E-state index contributed by atoms with van der Waals surface area (Å²) in [5, 5.41) is 0. The zero-order chi connectivity index (χ0) is 10.0. The molecule has 0 spiro atoms. The monoisotopic (exact) mass is 193 g/mol. The van der Waals surface area contributed by atoms with Crippen LogP contribution in [0.2, 0.25) is 0 Å². The summed E-state index contributed by atoms with van der Waals surface area (Å²) in [7, 11) is 0. The maximum atomic E-state index is 12.1. The molecule has 0 aromatic heterocycles. The second-order valence-electron chi connectivity index (χ2n) is 3.15. The van der Waals surface area contributed by atoms with Crippen molar-refractivity contribution in [2.75, 3.05) is 13.2 Å². The summed E-state index contributed by atoms with van der Waals surface area (Å²) in [4.78, 5) is 12.2. The minimum atomic E-state index is -2.91. The molecule has 1 heterocycles. The fraction of sp³-hybridized carbons (Fsp3) is 0.875. The van der Waals surface area contributed by atoms with Crippen molar-refractivity contribution < 1.29 is 18.3 Å². The summed E-state index contributed by atoms with van der Waals surface area (Å²) in [6.07, 6.45) is -3.08. The van der Waals surface area contributed by atoms with Gasteiger partial charge in [-0.3, -0.25) is 4.79 Å². The van der Waals surface area contributed by atoms with E-state index in [1.807, 2.05) is 0 Å². The van der Waals surface area contributed by atoms with Crippen LogP contribution in [0.25, 0.3) is 0 Å². The van der Waals surface area contributed by atoms with Crippen LogP contribution in [0.15, 0.2) is 0 Å². The molecule has 1 rings (SSSR count). The largest absolute Gasteiger partial charge is 0.375 e. The van der Waals surface area contributed by atoms with E-state index >= 15 is 0 Å². The number of morpholine rings is 1. The third-order valence-electron chi connectivity index (χ3n) is 2.35. The van der Waals surface area contributed by atoms with Crippen molar-refractivity contribution >= 4 is 5.91 Å². The van der Waals surface area contributed by atoms with Gasteiger partial charge in [0.15, 0.2) is 0 Å². The predicted octanol–water partition coefficient (Wildman–Crippen LogP) is 0.887. The van der Waals surface area contributed by atoms with Gasteiger partial charge < -0.3 is 9.64 Å². The Hall–Kier alpha value is -0.710. The maximum absolute atomic E-state index is 12.1. The van der Waals surface area contributed by atoms with Crippen molar-refractivity contribution in [1.82, 2.24) is 4.90 Å². The zero-order valence-electron chi connectivity index (χ0n) is 7.67. The molecule has 1 aliphatic heterocycles. The van der Waals surface area contributed by atoms with E-state index in [1.54, 1.807) is 13.8 Å². The number of hydrogen-bond donors (Lipinski definition) is 0. The quantitative estimate of drug-likeness (QED) is 0.619. The van der Waals surface area contributed by atoms with E-state index in [-0.39, 0.29) is 18.7 Å². The van der Waals surface area contributed by atoms with Gasteiger partial charge in [-0.1, -0.05) is 0 Å². The number of halogens is 2. The first-order valence-electron chi connectivity index (χ1n) is 4.24. The van der Waals surface area contributed by atoms with Gasteiger partial charge in [0, 0.05) is 6.54 Å². The first-order valence-corrected chi connectivity index (χ1v) is 4.24. The van der Waals surface area contributed by atoms with Crippen LogP contribution in [0.3, 0.4) is 0 Å². The molecule has 3 nitrogen and oxygen atoms in total. The van der Waals surface area contributed by atoms with Crippen molar-refractivity contribution in [2.24, 2.45) is 0 Å². The number of rotatable bonds is 1. The average Bonchev–Trinajstić information content (AvgIpc) is 2.08. The predicted molar refractivity (Wildman–Crippen MR) is 42.6 cm³/mol. The number of amides is 1. The summed E-state index contributed by atoms with van der Waals surface area (Å²) in [6, 6.07) is -0.268. The van der Waals surface area contributed by atoms with Gasteiger partial charge in [0.25, 0.3) is 5.91 Å². The van der Waals surface area contributed by atoms with E-state index < -0.39 is 12.3 Å². The maximum Gasteiger partial charge on any atom is 0.315 e. The smallest absolute Gasteiger partial charge is 0.315 e. The average molecular weight is 193 g/mol. The molecule has 0 aliphatic carbocycles. The van der Waals surface area contributed by atoms with Gasteiger partial charge in [-0.2, -0.15) is 8.78 Å². The van der Waals surface area contributed by atoms with Gasteiger partial charge >= 0.3 is 6.43 Å². The van der Waals surface area contributed by atoms with E-state index in [0.717, 1.165) is 0 Å². The zero-order valence-corrected chi connectivity index (χ0v) is 7.67. The Kier molecular flexibility index (Phi) is 3.19. The van der Waals surface area contributed by atoms with Crippen molar-refractivity contribution in [1.29, 1.82) is 0 Å². The third kappa shape index (κ3) is 2.15. The molecule has 2 atom stereocenters. The molecule has 0 radical (unpaired) electrons. The molecule has 0 saturated carbocycles. The first-order chi connectivity index (χ1) is 6.04. The van der Waals surface area contributed by atoms with Gasteiger partial charge in [0.1, 0.15) is 0 Å². The molecule has 2 unspecified atom stereocenters. The SMILES string of the molecule is CC1OCCN(C(=O)C(F)F)C1C. The van der Waals surface area contributed by atoms with E-state index in [4.69, 9.17) is 4.74 Å². The molecular weight excluding hydrogens is 180 g/mol. The Balaban J connectivity index is 2.62. The molecule has 0 bridgehead atoms. The van der Waals surface area contributed by atoms with Crippen LogP contribution in [0.1, 0.15) is 13.8 Å². The minimum Gasteiger partial charge on any atom is -0.375 e. The number of carbonyl (C=O) groups is 1. The summed E-state index contributed by atoms with van der Waals surface area (Å²) in [5.41, 5.74) is 0. The summed E-state index contributed by atoms with van der Waals surface area (Å²) in [6.45, 7) is 4.08. The van der Waals surface area contributed by atoms with Crippen LogP contribution < -0.4 is 0 Å². The molecule has 13 heavy (non-hydrogen) atoms. The Morgan fingerprint density at radius 2 is 2.15 bits per heavy atom. The molecule has 5 heteroatoms. The van der Waals surface area contributed by atoms with E-state index in [9.17, 15) is 13.6 Å². The molecule has 1 aliphatic rings.